The maximum Gasteiger partial charge on any atom is 0.249 e. The van der Waals surface area contributed by atoms with Crippen LogP contribution in [0.2, 0.25) is 0 Å². The van der Waals surface area contributed by atoms with Crippen LogP contribution in [0.15, 0.2) is 52.4 Å². The molecule has 1 aromatic heterocycles. The third kappa shape index (κ3) is 3.94. The third-order valence-electron chi connectivity index (χ3n) is 3.58. The molecule has 3 nitrogen and oxygen atoms in total. The maximum atomic E-state index is 12.9. The first-order valence-electron chi connectivity index (χ1n) is 7.55. The van der Waals surface area contributed by atoms with Crippen LogP contribution in [0.4, 0.5) is 4.39 Å². The van der Waals surface area contributed by atoms with Gasteiger partial charge in [-0.25, -0.2) is 4.39 Å². The lowest BCUT2D eigenvalue weighted by Gasteiger charge is -1.99. The molecule has 0 aliphatic rings. The zero-order valence-electron chi connectivity index (χ0n) is 13.5. The molecule has 24 heavy (non-hydrogen) atoms. The Morgan fingerprint density at radius 1 is 1.25 bits per heavy atom. The van der Waals surface area contributed by atoms with Crippen molar-refractivity contribution in [1.82, 2.24) is 4.57 Å². The van der Waals surface area contributed by atoms with E-state index in [0.717, 1.165) is 15.1 Å². The van der Waals surface area contributed by atoms with E-state index in [1.54, 1.807) is 12.1 Å². The molecule has 1 heterocycles. The zero-order valence-corrected chi connectivity index (χ0v) is 15.1. The van der Waals surface area contributed by atoms with E-state index < -0.39 is 0 Å². The number of halogens is 1. The van der Waals surface area contributed by atoms with Crippen LogP contribution in [-0.4, -0.2) is 16.2 Å². The average molecular weight is 360 g/mol. The molecule has 0 radical (unpaired) electrons. The first-order valence-corrected chi connectivity index (χ1v) is 9.35. The Bertz CT molecular complexity index is 942. The SMILES string of the molecule is Cc1ccc2c(c1)sc(=NC(=O)CCSc1ccc(F)cc1)n2C. The fourth-order valence-corrected chi connectivity index (χ4v) is 4.27. The van der Waals surface area contributed by atoms with Crippen LogP contribution in [0, 0.1) is 12.7 Å². The van der Waals surface area contributed by atoms with Crippen molar-refractivity contribution in [2.45, 2.75) is 18.2 Å². The summed E-state index contributed by atoms with van der Waals surface area (Å²) >= 11 is 3.05. The van der Waals surface area contributed by atoms with Crippen LogP contribution in [0.1, 0.15) is 12.0 Å². The molecular formula is C18H17FN2OS2. The zero-order chi connectivity index (χ0) is 17.1. The van der Waals surface area contributed by atoms with Gasteiger partial charge in [-0.3, -0.25) is 4.79 Å². The molecule has 0 saturated heterocycles. The number of aryl methyl sites for hydroxylation is 2. The summed E-state index contributed by atoms with van der Waals surface area (Å²) in [5, 5.41) is 0. The number of fused-ring (bicyclic) bond motifs is 1. The molecule has 0 aliphatic carbocycles. The molecule has 0 unspecified atom stereocenters. The minimum atomic E-state index is -0.252. The van der Waals surface area contributed by atoms with Crippen molar-refractivity contribution in [3.05, 3.63) is 58.6 Å². The monoisotopic (exact) mass is 360 g/mol. The first kappa shape index (κ1) is 16.9. The molecule has 1 amide bonds. The van der Waals surface area contributed by atoms with Gasteiger partial charge in [-0.15, -0.1) is 11.8 Å². The third-order valence-corrected chi connectivity index (χ3v) is 5.69. The van der Waals surface area contributed by atoms with Crippen molar-refractivity contribution in [3.63, 3.8) is 0 Å². The van der Waals surface area contributed by atoms with Crippen LogP contribution in [0.25, 0.3) is 10.2 Å². The standard InChI is InChI=1S/C18H17FN2OS2/c1-12-3-8-15-16(11-12)24-18(21(15)2)20-17(22)9-10-23-14-6-4-13(19)5-7-14/h3-8,11H,9-10H2,1-2H3. The molecule has 0 spiro atoms. The first-order chi connectivity index (χ1) is 11.5. The predicted molar refractivity (Wildman–Crippen MR) is 97.8 cm³/mol. The molecule has 3 aromatic rings. The molecule has 0 atom stereocenters. The van der Waals surface area contributed by atoms with Gasteiger partial charge in [0.05, 0.1) is 10.2 Å². The van der Waals surface area contributed by atoms with Gasteiger partial charge in [-0.05, 0) is 48.9 Å². The summed E-state index contributed by atoms with van der Waals surface area (Å²) in [6.45, 7) is 2.05. The Balaban J connectivity index is 1.68. The lowest BCUT2D eigenvalue weighted by molar-refractivity contribution is -0.117. The van der Waals surface area contributed by atoms with Crippen molar-refractivity contribution in [2.24, 2.45) is 12.0 Å². The van der Waals surface area contributed by atoms with E-state index in [0.29, 0.717) is 17.0 Å². The Kier molecular flexibility index (Phi) is 5.16. The van der Waals surface area contributed by atoms with E-state index in [4.69, 9.17) is 0 Å². The fourth-order valence-electron chi connectivity index (χ4n) is 2.30. The molecular weight excluding hydrogens is 343 g/mol. The van der Waals surface area contributed by atoms with Gasteiger partial charge in [0.15, 0.2) is 4.80 Å². The van der Waals surface area contributed by atoms with Crippen molar-refractivity contribution in [3.8, 4) is 0 Å². The fraction of sp³-hybridized carbons (Fsp3) is 0.222. The Hall–Kier alpha value is -1.92. The minimum Gasteiger partial charge on any atom is -0.319 e. The summed E-state index contributed by atoms with van der Waals surface area (Å²) in [5.74, 6) is 0.239. The smallest absolute Gasteiger partial charge is 0.249 e. The van der Waals surface area contributed by atoms with E-state index in [9.17, 15) is 9.18 Å². The topological polar surface area (TPSA) is 34.4 Å². The molecule has 0 aliphatic heterocycles. The van der Waals surface area contributed by atoms with Gasteiger partial charge in [0, 0.05) is 24.1 Å². The molecule has 2 aromatic carbocycles. The molecule has 0 N–H and O–H groups in total. The number of hydrogen-bond donors (Lipinski definition) is 0. The summed E-state index contributed by atoms with van der Waals surface area (Å²) < 4.78 is 15.9. The number of thiazole rings is 1. The van der Waals surface area contributed by atoms with Crippen LogP contribution in [0.5, 0.6) is 0 Å². The number of carbonyl (C=O) groups excluding carboxylic acids is 1. The average Bonchev–Trinajstić information content (AvgIpc) is 2.84. The number of benzene rings is 2. The van der Waals surface area contributed by atoms with E-state index in [1.165, 1.54) is 40.8 Å². The molecule has 0 fully saturated rings. The maximum absolute atomic E-state index is 12.9. The number of amides is 1. The van der Waals surface area contributed by atoms with Crippen molar-refractivity contribution >= 4 is 39.2 Å². The van der Waals surface area contributed by atoms with Gasteiger partial charge < -0.3 is 4.57 Å². The highest BCUT2D eigenvalue weighted by Gasteiger charge is 2.06. The highest BCUT2D eigenvalue weighted by atomic mass is 32.2. The van der Waals surface area contributed by atoms with Crippen molar-refractivity contribution < 1.29 is 9.18 Å². The molecule has 124 valence electrons. The molecule has 0 bridgehead atoms. The molecule has 3 rings (SSSR count). The van der Waals surface area contributed by atoms with Crippen LogP contribution in [-0.2, 0) is 11.8 Å². The summed E-state index contributed by atoms with van der Waals surface area (Å²) in [4.78, 5) is 18.0. The Morgan fingerprint density at radius 2 is 2.00 bits per heavy atom. The second-order valence-electron chi connectivity index (χ2n) is 5.47. The van der Waals surface area contributed by atoms with Gasteiger partial charge in [0.1, 0.15) is 5.82 Å². The highest BCUT2D eigenvalue weighted by Crippen LogP contribution is 2.20. The van der Waals surface area contributed by atoms with E-state index in [2.05, 4.69) is 23.2 Å². The van der Waals surface area contributed by atoms with Gasteiger partial charge in [-0.2, -0.15) is 4.99 Å². The number of nitrogens with zero attached hydrogens (tertiary/aromatic N) is 2. The second-order valence-corrected chi connectivity index (χ2v) is 7.65. The van der Waals surface area contributed by atoms with Gasteiger partial charge in [0.25, 0.3) is 0 Å². The van der Waals surface area contributed by atoms with Gasteiger partial charge in [-0.1, -0.05) is 17.4 Å². The summed E-state index contributed by atoms with van der Waals surface area (Å²) in [6, 6.07) is 12.5. The minimum absolute atomic E-state index is 0.136. The molecule has 0 saturated carbocycles. The van der Waals surface area contributed by atoms with E-state index >= 15 is 0 Å². The van der Waals surface area contributed by atoms with Gasteiger partial charge >= 0.3 is 0 Å². The second kappa shape index (κ2) is 7.32. The van der Waals surface area contributed by atoms with Crippen molar-refractivity contribution in [1.29, 1.82) is 0 Å². The van der Waals surface area contributed by atoms with Gasteiger partial charge in [0.2, 0.25) is 5.91 Å². The van der Waals surface area contributed by atoms with Crippen LogP contribution >= 0.6 is 23.1 Å². The summed E-state index contributed by atoms with van der Waals surface area (Å²) in [7, 11) is 1.92. The number of aromatic nitrogens is 1. The predicted octanol–water partition coefficient (Wildman–Crippen LogP) is 4.30. The number of carbonyl (C=O) groups is 1. The number of rotatable bonds is 4. The Morgan fingerprint density at radius 3 is 2.75 bits per heavy atom. The van der Waals surface area contributed by atoms with Crippen molar-refractivity contribution in [2.75, 3.05) is 5.75 Å². The van der Waals surface area contributed by atoms with Crippen LogP contribution in [0.3, 0.4) is 0 Å². The van der Waals surface area contributed by atoms with Crippen LogP contribution < -0.4 is 4.80 Å². The Labute approximate surface area is 147 Å². The largest absolute Gasteiger partial charge is 0.319 e. The van der Waals surface area contributed by atoms with E-state index in [-0.39, 0.29) is 11.7 Å². The lowest BCUT2D eigenvalue weighted by atomic mass is 10.2. The summed E-state index contributed by atoms with van der Waals surface area (Å²) in [5.41, 5.74) is 2.27. The summed E-state index contributed by atoms with van der Waals surface area (Å²) in [6.07, 6.45) is 0.356. The number of hydrogen-bond acceptors (Lipinski definition) is 3. The highest BCUT2D eigenvalue weighted by molar-refractivity contribution is 7.99. The normalized spacial score (nSPS) is 12.0. The van der Waals surface area contributed by atoms with E-state index in [1.807, 2.05) is 18.5 Å². The number of thioether (sulfide) groups is 1. The lowest BCUT2D eigenvalue weighted by Crippen LogP contribution is -2.13. The molecule has 6 heteroatoms. The quantitative estimate of drug-likeness (QED) is 0.650.